The highest BCUT2D eigenvalue weighted by molar-refractivity contribution is 5.95. The van der Waals surface area contributed by atoms with Gasteiger partial charge in [-0.25, -0.2) is 4.79 Å². The zero-order valence-corrected chi connectivity index (χ0v) is 12.0. The molecule has 0 amide bonds. The number of methoxy groups -OCH3 is 1. The summed E-state index contributed by atoms with van der Waals surface area (Å²) in [7, 11) is 3.35. The summed E-state index contributed by atoms with van der Waals surface area (Å²) in [5, 5.41) is 0. The zero-order chi connectivity index (χ0) is 14.1. The lowest BCUT2D eigenvalue weighted by Gasteiger charge is -2.21. The molecular formula is C15H23NO3. The standard InChI is InChI=1S/C15H23NO3/c1-4-5-11-19-12-10-16(2)14-9-7-6-8-13(14)15(17)18-3/h6-9H,4-5,10-12H2,1-3H3. The number of carbonyl (C=O) groups excluding carboxylic acids is 1. The molecule has 1 aromatic carbocycles. The Morgan fingerprint density at radius 1 is 1.26 bits per heavy atom. The average Bonchev–Trinajstić information content (AvgIpc) is 2.46. The predicted octanol–water partition coefficient (Wildman–Crippen LogP) is 2.73. The minimum atomic E-state index is -0.311. The van der Waals surface area contributed by atoms with Crippen molar-refractivity contribution in [3.63, 3.8) is 0 Å². The number of carbonyl (C=O) groups is 1. The molecule has 4 nitrogen and oxygen atoms in total. The van der Waals surface area contributed by atoms with Gasteiger partial charge in [-0.1, -0.05) is 25.5 Å². The van der Waals surface area contributed by atoms with E-state index in [1.54, 1.807) is 6.07 Å². The first-order valence-electron chi connectivity index (χ1n) is 6.67. The molecule has 0 radical (unpaired) electrons. The zero-order valence-electron chi connectivity index (χ0n) is 12.0. The maximum Gasteiger partial charge on any atom is 0.339 e. The molecule has 1 rings (SSSR count). The first kappa shape index (κ1) is 15.5. The molecule has 106 valence electrons. The number of likely N-dealkylation sites (N-methyl/N-ethyl adjacent to an activating group) is 1. The van der Waals surface area contributed by atoms with Crippen molar-refractivity contribution in [1.82, 2.24) is 0 Å². The van der Waals surface area contributed by atoms with E-state index in [0.29, 0.717) is 12.2 Å². The topological polar surface area (TPSA) is 38.8 Å². The van der Waals surface area contributed by atoms with Gasteiger partial charge in [-0.05, 0) is 18.6 Å². The van der Waals surface area contributed by atoms with Gasteiger partial charge >= 0.3 is 5.97 Å². The van der Waals surface area contributed by atoms with Gasteiger partial charge in [0.25, 0.3) is 0 Å². The summed E-state index contributed by atoms with van der Waals surface area (Å²) < 4.78 is 10.3. The number of hydrogen-bond donors (Lipinski definition) is 0. The average molecular weight is 265 g/mol. The molecule has 0 atom stereocenters. The summed E-state index contributed by atoms with van der Waals surface area (Å²) in [6.07, 6.45) is 2.23. The van der Waals surface area contributed by atoms with Crippen molar-refractivity contribution in [1.29, 1.82) is 0 Å². The van der Waals surface area contributed by atoms with Crippen molar-refractivity contribution in [2.24, 2.45) is 0 Å². The van der Waals surface area contributed by atoms with Gasteiger partial charge < -0.3 is 14.4 Å². The Hall–Kier alpha value is -1.55. The fraction of sp³-hybridized carbons (Fsp3) is 0.533. The summed E-state index contributed by atoms with van der Waals surface area (Å²) in [6, 6.07) is 7.44. The van der Waals surface area contributed by atoms with Crippen LogP contribution in [0.2, 0.25) is 0 Å². The summed E-state index contributed by atoms with van der Waals surface area (Å²) >= 11 is 0. The van der Waals surface area contributed by atoms with Crippen molar-refractivity contribution < 1.29 is 14.3 Å². The quantitative estimate of drug-likeness (QED) is 0.535. The monoisotopic (exact) mass is 265 g/mol. The van der Waals surface area contributed by atoms with E-state index in [1.165, 1.54) is 7.11 Å². The fourth-order valence-electron chi connectivity index (χ4n) is 1.76. The Morgan fingerprint density at radius 2 is 2.00 bits per heavy atom. The Morgan fingerprint density at radius 3 is 2.68 bits per heavy atom. The molecule has 0 saturated heterocycles. The number of esters is 1. The Kier molecular flexibility index (Phi) is 6.97. The second-order valence-corrected chi connectivity index (χ2v) is 4.40. The highest BCUT2D eigenvalue weighted by Crippen LogP contribution is 2.19. The largest absolute Gasteiger partial charge is 0.465 e. The molecule has 19 heavy (non-hydrogen) atoms. The number of ether oxygens (including phenoxy) is 2. The Labute approximate surface area is 115 Å². The number of hydrogen-bond acceptors (Lipinski definition) is 4. The number of benzene rings is 1. The maximum absolute atomic E-state index is 11.7. The fourth-order valence-corrected chi connectivity index (χ4v) is 1.76. The maximum atomic E-state index is 11.7. The number of rotatable bonds is 8. The number of anilines is 1. The molecule has 0 heterocycles. The SMILES string of the molecule is CCCCOCCN(C)c1ccccc1C(=O)OC. The third-order valence-electron chi connectivity index (χ3n) is 2.93. The van der Waals surface area contributed by atoms with E-state index >= 15 is 0 Å². The molecule has 0 unspecified atom stereocenters. The van der Waals surface area contributed by atoms with Gasteiger partial charge in [-0.2, -0.15) is 0 Å². The van der Waals surface area contributed by atoms with Gasteiger partial charge in [0.1, 0.15) is 0 Å². The molecule has 0 N–H and O–H groups in total. The van der Waals surface area contributed by atoms with Crippen molar-refractivity contribution in [3.8, 4) is 0 Å². The van der Waals surface area contributed by atoms with Gasteiger partial charge in [-0.15, -0.1) is 0 Å². The van der Waals surface area contributed by atoms with Crippen LogP contribution in [-0.2, 0) is 9.47 Å². The van der Waals surface area contributed by atoms with Crippen LogP contribution in [0.25, 0.3) is 0 Å². The first-order valence-corrected chi connectivity index (χ1v) is 6.67. The minimum absolute atomic E-state index is 0.311. The van der Waals surface area contributed by atoms with E-state index in [0.717, 1.165) is 31.7 Å². The molecule has 0 bridgehead atoms. The molecule has 0 aliphatic heterocycles. The minimum Gasteiger partial charge on any atom is -0.465 e. The molecule has 0 saturated carbocycles. The van der Waals surface area contributed by atoms with Gasteiger partial charge in [0.15, 0.2) is 0 Å². The molecule has 0 aliphatic carbocycles. The molecule has 0 aromatic heterocycles. The van der Waals surface area contributed by atoms with Crippen molar-refractivity contribution >= 4 is 11.7 Å². The van der Waals surface area contributed by atoms with Crippen molar-refractivity contribution in [3.05, 3.63) is 29.8 Å². The summed E-state index contributed by atoms with van der Waals surface area (Å²) in [5.74, 6) is -0.311. The summed E-state index contributed by atoms with van der Waals surface area (Å²) in [4.78, 5) is 13.7. The first-order chi connectivity index (χ1) is 9.20. The van der Waals surface area contributed by atoms with Crippen LogP contribution in [-0.4, -0.2) is 39.9 Å². The van der Waals surface area contributed by atoms with E-state index in [-0.39, 0.29) is 5.97 Å². The molecule has 4 heteroatoms. The smallest absolute Gasteiger partial charge is 0.339 e. The van der Waals surface area contributed by atoms with Crippen LogP contribution >= 0.6 is 0 Å². The second-order valence-electron chi connectivity index (χ2n) is 4.40. The van der Waals surface area contributed by atoms with E-state index in [4.69, 9.17) is 9.47 Å². The normalized spacial score (nSPS) is 10.3. The third kappa shape index (κ3) is 4.91. The van der Waals surface area contributed by atoms with E-state index in [2.05, 4.69) is 6.92 Å². The molecule has 0 aliphatic rings. The van der Waals surface area contributed by atoms with Gasteiger partial charge in [0.2, 0.25) is 0 Å². The number of nitrogens with zero attached hydrogens (tertiary/aromatic N) is 1. The van der Waals surface area contributed by atoms with Crippen LogP contribution in [0.15, 0.2) is 24.3 Å². The van der Waals surface area contributed by atoms with Gasteiger partial charge in [0, 0.05) is 20.2 Å². The van der Waals surface area contributed by atoms with E-state index in [9.17, 15) is 4.79 Å². The Balaban J connectivity index is 2.56. The lowest BCUT2D eigenvalue weighted by Crippen LogP contribution is -2.24. The molecule has 0 spiro atoms. The summed E-state index contributed by atoms with van der Waals surface area (Å²) in [5.41, 5.74) is 1.45. The van der Waals surface area contributed by atoms with Crippen molar-refractivity contribution in [2.75, 3.05) is 38.8 Å². The van der Waals surface area contributed by atoms with Crippen LogP contribution in [0.5, 0.6) is 0 Å². The van der Waals surface area contributed by atoms with Crippen LogP contribution in [0.1, 0.15) is 30.1 Å². The van der Waals surface area contributed by atoms with E-state index < -0.39 is 0 Å². The Bertz CT molecular complexity index is 393. The predicted molar refractivity (Wildman–Crippen MR) is 76.8 cm³/mol. The van der Waals surface area contributed by atoms with Crippen LogP contribution in [0.4, 0.5) is 5.69 Å². The summed E-state index contributed by atoms with van der Waals surface area (Å²) in [6.45, 7) is 4.34. The number of para-hydroxylation sites is 1. The van der Waals surface area contributed by atoms with E-state index in [1.807, 2.05) is 30.1 Å². The molecular weight excluding hydrogens is 242 g/mol. The van der Waals surface area contributed by atoms with Crippen molar-refractivity contribution in [2.45, 2.75) is 19.8 Å². The molecule has 1 aromatic rings. The van der Waals surface area contributed by atoms with Gasteiger partial charge in [0.05, 0.1) is 25.0 Å². The van der Waals surface area contributed by atoms with Crippen LogP contribution in [0, 0.1) is 0 Å². The number of unbranched alkanes of at least 4 members (excludes halogenated alkanes) is 1. The second kappa shape index (κ2) is 8.53. The molecule has 0 fully saturated rings. The lowest BCUT2D eigenvalue weighted by atomic mass is 10.1. The highest BCUT2D eigenvalue weighted by Gasteiger charge is 2.13. The van der Waals surface area contributed by atoms with Crippen LogP contribution < -0.4 is 4.90 Å². The van der Waals surface area contributed by atoms with Crippen LogP contribution in [0.3, 0.4) is 0 Å². The lowest BCUT2D eigenvalue weighted by molar-refractivity contribution is 0.0601. The highest BCUT2D eigenvalue weighted by atomic mass is 16.5. The third-order valence-corrected chi connectivity index (χ3v) is 2.93. The van der Waals surface area contributed by atoms with Gasteiger partial charge in [-0.3, -0.25) is 0 Å².